The third-order valence-corrected chi connectivity index (χ3v) is 6.71. The van der Waals surface area contributed by atoms with Crippen molar-refractivity contribution in [1.82, 2.24) is 10.6 Å². The van der Waals surface area contributed by atoms with Gasteiger partial charge in [-0.05, 0) is 41.0 Å². The van der Waals surface area contributed by atoms with Crippen molar-refractivity contribution in [1.29, 1.82) is 0 Å². The number of nitrogens with one attached hydrogen (secondary N) is 2. The number of amides is 2. The summed E-state index contributed by atoms with van der Waals surface area (Å²) in [5.74, 6) is -1.39. The molecule has 0 bridgehead atoms. The molecule has 0 aromatic heterocycles. The molecule has 4 rings (SSSR count). The molecule has 1 fully saturated rings. The SMILES string of the molecule is CC(C)[C@H](CC(=O)NC1CC(C(=O)O)C1)NC(=O)OCC1c2ccccc2-c2ccccc21. The van der Waals surface area contributed by atoms with E-state index in [0.29, 0.717) is 12.8 Å². The number of carboxylic acids is 1. The summed E-state index contributed by atoms with van der Waals surface area (Å²) in [5.41, 5.74) is 4.62. The number of carbonyl (C=O) groups is 3. The molecular formula is C26H30N2O5. The number of ether oxygens (including phenoxy) is 1. The summed E-state index contributed by atoms with van der Waals surface area (Å²) in [4.78, 5) is 35.9. The van der Waals surface area contributed by atoms with Crippen molar-refractivity contribution in [3.8, 4) is 11.1 Å². The largest absolute Gasteiger partial charge is 0.481 e. The van der Waals surface area contributed by atoms with Crippen molar-refractivity contribution < 1.29 is 24.2 Å². The molecule has 174 valence electrons. The van der Waals surface area contributed by atoms with Crippen LogP contribution in [-0.4, -0.2) is 41.8 Å². The maximum absolute atomic E-state index is 12.6. The van der Waals surface area contributed by atoms with E-state index < -0.39 is 12.1 Å². The van der Waals surface area contributed by atoms with E-state index >= 15 is 0 Å². The molecule has 1 saturated carbocycles. The van der Waals surface area contributed by atoms with E-state index in [-0.39, 0.29) is 48.8 Å². The van der Waals surface area contributed by atoms with Crippen LogP contribution < -0.4 is 10.6 Å². The number of carboxylic acid groups (broad SMARTS) is 1. The van der Waals surface area contributed by atoms with Gasteiger partial charge >= 0.3 is 12.1 Å². The highest BCUT2D eigenvalue weighted by molar-refractivity contribution is 5.80. The molecule has 7 heteroatoms. The zero-order chi connectivity index (χ0) is 23.5. The fourth-order valence-electron chi connectivity index (χ4n) is 4.67. The summed E-state index contributed by atoms with van der Waals surface area (Å²) >= 11 is 0. The Morgan fingerprint density at radius 2 is 1.58 bits per heavy atom. The first-order valence-corrected chi connectivity index (χ1v) is 11.5. The van der Waals surface area contributed by atoms with Crippen molar-refractivity contribution in [2.45, 2.75) is 51.1 Å². The van der Waals surface area contributed by atoms with E-state index in [2.05, 4.69) is 34.9 Å². The second kappa shape index (κ2) is 9.65. The lowest BCUT2D eigenvalue weighted by Gasteiger charge is -2.33. The van der Waals surface area contributed by atoms with Crippen LogP contribution in [0.15, 0.2) is 48.5 Å². The van der Waals surface area contributed by atoms with Crippen LogP contribution in [-0.2, 0) is 14.3 Å². The predicted molar refractivity (Wildman–Crippen MR) is 124 cm³/mol. The lowest BCUT2D eigenvalue weighted by Crippen LogP contribution is -2.49. The zero-order valence-corrected chi connectivity index (χ0v) is 18.9. The van der Waals surface area contributed by atoms with E-state index in [9.17, 15) is 14.4 Å². The number of hydrogen-bond acceptors (Lipinski definition) is 4. The molecule has 2 amide bonds. The fourth-order valence-corrected chi connectivity index (χ4v) is 4.67. The molecule has 2 aliphatic rings. The summed E-state index contributed by atoms with van der Waals surface area (Å²) in [6, 6.07) is 15.8. The number of benzene rings is 2. The molecule has 33 heavy (non-hydrogen) atoms. The van der Waals surface area contributed by atoms with Crippen LogP contribution in [0.3, 0.4) is 0 Å². The highest BCUT2D eigenvalue weighted by Crippen LogP contribution is 2.44. The van der Waals surface area contributed by atoms with Gasteiger partial charge in [0.25, 0.3) is 0 Å². The zero-order valence-electron chi connectivity index (χ0n) is 18.9. The number of alkyl carbamates (subject to hydrolysis) is 1. The maximum atomic E-state index is 12.6. The number of fused-ring (bicyclic) bond motifs is 3. The number of carbonyl (C=O) groups excluding carboxylic acids is 2. The second-order valence-electron chi connectivity index (χ2n) is 9.30. The van der Waals surface area contributed by atoms with Gasteiger partial charge in [-0.2, -0.15) is 0 Å². The summed E-state index contributed by atoms with van der Waals surface area (Å²) in [7, 11) is 0. The minimum Gasteiger partial charge on any atom is -0.481 e. The van der Waals surface area contributed by atoms with Gasteiger partial charge in [-0.3, -0.25) is 9.59 Å². The van der Waals surface area contributed by atoms with E-state index in [1.54, 1.807) is 0 Å². The van der Waals surface area contributed by atoms with Crippen molar-refractivity contribution in [3.05, 3.63) is 59.7 Å². The Morgan fingerprint density at radius 1 is 1.00 bits per heavy atom. The van der Waals surface area contributed by atoms with Gasteiger partial charge in [-0.25, -0.2) is 4.79 Å². The van der Waals surface area contributed by atoms with Gasteiger partial charge < -0.3 is 20.5 Å². The first-order valence-electron chi connectivity index (χ1n) is 11.5. The molecule has 0 unspecified atom stereocenters. The maximum Gasteiger partial charge on any atom is 0.407 e. The Bertz CT molecular complexity index is 999. The van der Waals surface area contributed by atoms with E-state index in [1.165, 1.54) is 11.1 Å². The highest BCUT2D eigenvalue weighted by atomic mass is 16.5. The summed E-state index contributed by atoms with van der Waals surface area (Å²) < 4.78 is 5.61. The van der Waals surface area contributed by atoms with Gasteiger partial charge in [0.15, 0.2) is 0 Å². The third-order valence-electron chi connectivity index (χ3n) is 6.71. The molecule has 7 nitrogen and oxygen atoms in total. The van der Waals surface area contributed by atoms with Crippen molar-refractivity contribution in [2.75, 3.05) is 6.61 Å². The first kappa shape index (κ1) is 22.8. The van der Waals surface area contributed by atoms with E-state index in [4.69, 9.17) is 9.84 Å². The quantitative estimate of drug-likeness (QED) is 0.565. The molecule has 0 spiro atoms. The Kier molecular flexibility index (Phi) is 6.67. The molecule has 1 atom stereocenters. The van der Waals surface area contributed by atoms with Crippen LogP contribution in [0, 0.1) is 11.8 Å². The van der Waals surface area contributed by atoms with Gasteiger partial charge in [-0.15, -0.1) is 0 Å². The Morgan fingerprint density at radius 3 is 2.12 bits per heavy atom. The average Bonchev–Trinajstić information content (AvgIpc) is 3.07. The summed E-state index contributed by atoms with van der Waals surface area (Å²) in [5, 5.41) is 14.7. The average molecular weight is 451 g/mol. The third kappa shape index (κ3) is 5.02. The molecule has 0 heterocycles. The molecule has 0 aliphatic heterocycles. The van der Waals surface area contributed by atoms with Crippen molar-refractivity contribution in [2.24, 2.45) is 11.8 Å². The number of aliphatic carboxylic acids is 1. The normalized spacial score (nSPS) is 19.7. The number of hydrogen-bond donors (Lipinski definition) is 3. The lowest BCUT2D eigenvalue weighted by atomic mass is 9.80. The van der Waals surface area contributed by atoms with Crippen LogP contribution in [0.25, 0.3) is 11.1 Å². The summed E-state index contributed by atoms with van der Waals surface area (Å²) in [6.07, 6.45) is 0.481. The predicted octanol–water partition coefficient (Wildman–Crippen LogP) is 3.92. The molecule has 2 aromatic carbocycles. The van der Waals surface area contributed by atoms with Crippen LogP contribution >= 0.6 is 0 Å². The molecular weight excluding hydrogens is 420 g/mol. The monoisotopic (exact) mass is 450 g/mol. The van der Waals surface area contributed by atoms with Crippen LogP contribution in [0.4, 0.5) is 4.79 Å². The number of rotatable bonds is 8. The summed E-state index contributed by atoms with van der Waals surface area (Å²) in [6.45, 7) is 4.09. The second-order valence-corrected chi connectivity index (χ2v) is 9.30. The Balaban J connectivity index is 1.31. The topological polar surface area (TPSA) is 105 Å². The van der Waals surface area contributed by atoms with Gasteiger partial charge in [0, 0.05) is 24.4 Å². The van der Waals surface area contributed by atoms with E-state index in [0.717, 1.165) is 11.1 Å². The molecule has 2 aromatic rings. The smallest absolute Gasteiger partial charge is 0.407 e. The standard InChI is InChI=1S/C26H30N2O5/c1-15(2)23(13-24(29)27-17-11-16(12-17)25(30)31)28-26(32)33-14-22-20-9-5-3-7-18(20)19-8-4-6-10-21(19)22/h3-10,15-17,22-23H,11-14H2,1-2H3,(H,27,29)(H,28,32)(H,30,31)/t16?,17?,23-/m0/s1. The van der Waals surface area contributed by atoms with Crippen LogP contribution in [0.5, 0.6) is 0 Å². The molecule has 0 radical (unpaired) electrons. The molecule has 3 N–H and O–H groups in total. The minimum absolute atomic E-state index is 0.0234. The Labute approximate surface area is 193 Å². The Hall–Kier alpha value is -3.35. The molecule has 2 aliphatic carbocycles. The first-order chi connectivity index (χ1) is 15.8. The lowest BCUT2D eigenvalue weighted by molar-refractivity contribution is -0.146. The van der Waals surface area contributed by atoms with E-state index in [1.807, 2.05) is 38.1 Å². The minimum atomic E-state index is -0.822. The molecule has 0 saturated heterocycles. The van der Waals surface area contributed by atoms with Crippen LogP contribution in [0.2, 0.25) is 0 Å². The van der Waals surface area contributed by atoms with Crippen molar-refractivity contribution >= 4 is 18.0 Å². The van der Waals surface area contributed by atoms with Gasteiger partial charge in [-0.1, -0.05) is 62.4 Å². The highest BCUT2D eigenvalue weighted by Gasteiger charge is 2.36. The fraction of sp³-hybridized carbons (Fsp3) is 0.423. The van der Waals surface area contributed by atoms with Crippen molar-refractivity contribution in [3.63, 3.8) is 0 Å². The van der Waals surface area contributed by atoms with Gasteiger partial charge in [0.1, 0.15) is 6.61 Å². The van der Waals surface area contributed by atoms with Gasteiger partial charge in [0.05, 0.1) is 5.92 Å². The van der Waals surface area contributed by atoms with Crippen LogP contribution in [0.1, 0.15) is 50.2 Å². The van der Waals surface area contributed by atoms with Gasteiger partial charge in [0.2, 0.25) is 5.91 Å².